The van der Waals surface area contributed by atoms with Gasteiger partial charge in [-0.3, -0.25) is 4.79 Å². The molecule has 0 aromatic carbocycles. The number of nitrogens with one attached hydrogen (secondary N) is 1. The molecule has 1 heterocycles. The second-order valence-electron chi connectivity index (χ2n) is 5.57. The summed E-state index contributed by atoms with van der Waals surface area (Å²) < 4.78 is 4.88. The van der Waals surface area contributed by atoms with E-state index in [0.717, 1.165) is 25.6 Å². The van der Waals surface area contributed by atoms with Crippen molar-refractivity contribution in [2.45, 2.75) is 52.1 Å². The number of piperidine rings is 1. The zero-order chi connectivity index (χ0) is 13.5. The van der Waals surface area contributed by atoms with Gasteiger partial charge >= 0.3 is 5.97 Å². The topological polar surface area (TPSA) is 41.6 Å². The fraction of sp³-hybridized carbons (Fsp3) is 0.929. The molecule has 1 fully saturated rings. The van der Waals surface area contributed by atoms with Gasteiger partial charge in [-0.25, -0.2) is 0 Å². The summed E-state index contributed by atoms with van der Waals surface area (Å²) in [5.74, 6) is 0.637. The highest BCUT2D eigenvalue weighted by atomic mass is 16.5. The number of esters is 1. The van der Waals surface area contributed by atoms with Crippen LogP contribution in [0.5, 0.6) is 0 Å². The van der Waals surface area contributed by atoms with Crippen molar-refractivity contribution in [2.24, 2.45) is 5.92 Å². The van der Waals surface area contributed by atoms with Crippen molar-refractivity contribution in [1.29, 1.82) is 0 Å². The second kappa shape index (κ2) is 7.74. The Morgan fingerprint density at radius 3 is 2.78 bits per heavy atom. The summed E-state index contributed by atoms with van der Waals surface area (Å²) >= 11 is 0. The van der Waals surface area contributed by atoms with Crippen LogP contribution in [0, 0.1) is 5.92 Å². The third kappa shape index (κ3) is 4.94. The van der Waals surface area contributed by atoms with E-state index in [1.807, 2.05) is 0 Å². The van der Waals surface area contributed by atoms with Crippen LogP contribution in [-0.4, -0.2) is 49.7 Å². The van der Waals surface area contributed by atoms with Crippen LogP contribution in [0.4, 0.5) is 0 Å². The largest absolute Gasteiger partial charge is 0.468 e. The highest BCUT2D eigenvalue weighted by molar-refractivity contribution is 5.76. The Kier molecular flexibility index (Phi) is 6.65. The lowest BCUT2D eigenvalue weighted by atomic mass is 9.95. The maximum Gasteiger partial charge on any atom is 0.324 e. The number of methoxy groups -OCH3 is 1. The fourth-order valence-electron chi connectivity index (χ4n) is 2.65. The van der Waals surface area contributed by atoms with Gasteiger partial charge in [0.15, 0.2) is 0 Å². The third-order valence-electron chi connectivity index (χ3n) is 3.64. The highest BCUT2D eigenvalue weighted by Crippen LogP contribution is 2.19. The number of nitrogens with zero attached hydrogens (tertiary/aromatic N) is 1. The first-order valence-corrected chi connectivity index (χ1v) is 7.13. The van der Waals surface area contributed by atoms with Crippen LogP contribution in [0.2, 0.25) is 0 Å². The van der Waals surface area contributed by atoms with Gasteiger partial charge in [-0.05, 0) is 25.3 Å². The molecular formula is C14H28N2O2. The van der Waals surface area contributed by atoms with Gasteiger partial charge in [0.2, 0.25) is 0 Å². The van der Waals surface area contributed by atoms with Crippen LogP contribution in [-0.2, 0) is 9.53 Å². The second-order valence-corrected chi connectivity index (χ2v) is 5.57. The van der Waals surface area contributed by atoms with E-state index >= 15 is 0 Å². The van der Waals surface area contributed by atoms with Crippen LogP contribution >= 0.6 is 0 Å². The summed E-state index contributed by atoms with van der Waals surface area (Å²) in [7, 11) is 1.46. The van der Waals surface area contributed by atoms with Gasteiger partial charge in [-0.2, -0.15) is 0 Å². The molecule has 2 atom stereocenters. The van der Waals surface area contributed by atoms with Crippen LogP contribution < -0.4 is 5.32 Å². The fourth-order valence-corrected chi connectivity index (χ4v) is 2.65. The Morgan fingerprint density at radius 1 is 1.50 bits per heavy atom. The monoisotopic (exact) mass is 256 g/mol. The molecule has 18 heavy (non-hydrogen) atoms. The molecule has 0 amide bonds. The lowest BCUT2D eigenvalue weighted by molar-refractivity contribution is -0.144. The summed E-state index contributed by atoms with van der Waals surface area (Å²) in [5, 5.41) is 3.29. The number of likely N-dealkylation sites (tertiary alicyclic amines) is 1. The van der Waals surface area contributed by atoms with Crippen molar-refractivity contribution in [3.8, 4) is 0 Å². The molecule has 0 aromatic rings. The molecule has 0 saturated carbocycles. The minimum Gasteiger partial charge on any atom is -0.468 e. The number of hydrogen-bond acceptors (Lipinski definition) is 4. The van der Waals surface area contributed by atoms with Gasteiger partial charge in [0, 0.05) is 19.1 Å². The van der Waals surface area contributed by atoms with Crippen molar-refractivity contribution in [3.63, 3.8) is 0 Å². The Hall–Kier alpha value is -0.610. The van der Waals surface area contributed by atoms with E-state index in [1.165, 1.54) is 26.4 Å². The smallest absolute Gasteiger partial charge is 0.324 e. The molecule has 0 spiro atoms. The molecule has 0 aliphatic carbocycles. The number of rotatable bonds is 6. The van der Waals surface area contributed by atoms with E-state index < -0.39 is 0 Å². The van der Waals surface area contributed by atoms with Crippen molar-refractivity contribution in [1.82, 2.24) is 10.2 Å². The van der Waals surface area contributed by atoms with Crippen LogP contribution in [0.15, 0.2) is 0 Å². The normalized spacial score (nSPS) is 23.1. The zero-order valence-corrected chi connectivity index (χ0v) is 12.2. The first-order valence-electron chi connectivity index (χ1n) is 7.13. The molecule has 106 valence electrons. The maximum atomic E-state index is 11.8. The Morgan fingerprint density at radius 2 is 2.22 bits per heavy atom. The van der Waals surface area contributed by atoms with Crippen LogP contribution in [0.1, 0.15) is 40.0 Å². The molecule has 4 nitrogen and oxygen atoms in total. The molecule has 4 heteroatoms. The predicted octanol–water partition coefficient (Wildman–Crippen LogP) is 1.65. The SMILES string of the molecule is CCC1CCCN(CC(NC(C)C)C(=O)OC)C1. The van der Waals surface area contributed by atoms with Gasteiger partial charge in [0.05, 0.1) is 7.11 Å². The van der Waals surface area contributed by atoms with E-state index in [4.69, 9.17) is 4.74 Å². The molecule has 2 unspecified atom stereocenters. The van der Waals surface area contributed by atoms with Crippen molar-refractivity contribution in [2.75, 3.05) is 26.7 Å². The van der Waals surface area contributed by atoms with Crippen molar-refractivity contribution >= 4 is 5.97 Å². The molecule has 1 saturated heterocycles. The Balaban J connectivity index is 2.51. The number of hydrogen-bond donors (Lipinski definition) is 1. The number of ether oxygens (including phenoxy) is 1. The summed E-state index contributed by atoms with van der Waals surface area (Å²) in [4.78, 5) is 14.2. The van der Waals surface area contributed by atoms with Gasteiger partial charge < -0.3 is 15.0 Å². The molecule has 1 N–H and O–H groups in total. The molecule has 0 aromatic heterocycles. The quantitative estimate of drug-likeness (QED) is 0.734. The molecule has 1 aliphatic rings. The predicted molar refractivity (Wildman–Crippen MR) is 73.5 cm³/mol. The average molecular weight is 256 g/mol. The van der Waals surface area contributed by atoms with Crippen LogP contribution in [0.25, 0.3) is 0 Å². The molecule has 1 rings (SSSR count). The van der Waals surface area contributed by atoms with Gasteiger partial charge in [0.1, 0.15) is 6.04 Å². The summed E-state index contributed by atoms with van der Waals surface area (Å²) in [6.07, 6.45) is 3.80. The highest BCUT2D eigenvalue weighted by Gasteiger charge is 2.26. The van der Waals surface area contributed by atoms with E-state index in [-0.39, 0.29) is 12.0 Å². The van der Waals surface area contributed by atoms with Gasteiger partial charge in [-0.15, -0.1) is 0 Å². The van der Waals surface area contributed by atoms with E-state index in [2.05, 4.69) is 31.0 Å². The standard InChI is InChI=1S/C14H28N2O2/c1-5-12-7-6-8-16(9-12)10-13(14(17)18-4)15-11(2)3/h11-13,15H,5-10H2,1-4H3. The summed E-state index contributed by atoms with van der Waals surface area (Å²) in [6, 6.07) is 0.0893. The van der Waals surface area contributed by atoms with Crippen LogP contribution in [0.3, 0.4) is 0 Å². The average Bonchev–Trinajstić information content (AvgIpc) is 2.36. The number of carbonyl (C=O) groups is 1. The maximum absolute atomic E-state index is 11.8. The van der Waals surface area contributed by atoms with E-state index in [9.17, 15) is 4.79 Å². The summed E-state index contributed by atoms with van der Waals surface area (Å²) in [6.45, 7) is 9.34. The zero-order valence-electron chi connectivity index (χ0n) is 12.2. The Labute approximate surface area is 111 Å². The third-order valence-corrected chi connectivity index (χ3v) is 3.64. The van der Waals surface area contributed by atoms with E-state index in [0.29, 0.717) is 6.04 Å². The first-order chi connectivity index (χ1) is 8.56. The van der Waals surface area contributed by atoms with Crippen molar-refractivity contribution in [3.05, 3.63) is 0 Å². The van der Waals surface area contributed by atoms with E-state index in [1.54, 1.807) is 0 Å². The molecule has 0 radical (unpaired) electrons. The lowest BCUT2D eigenvalue weighted by Gasteiger charge is -2.34. The first kappa shape index (κ1) is 15.4. The molecule has 1 aliphatic heterocycles. The van der Waals surface area contributed by atoms with Gasteiger partial charge in [-0.1, -0.05) is 27.2 Å². The minimum absolute atomic E-state index is 0.151. The van der Waals surface area contributed by atoms with Gasteiger partial charge in [0.25, 0.3) is 0 Å². The minimum atomic E-state index is -0.203. The summed E-state index contributed by atoms with van der Waals surface area (Å²) in [5.41, 5.74) is 0. The Bertz CT molecular complexity index is 256. The van der Waals surface area contributed by atoms with Crippen molar-refractivity contribution < 1.29 is 9.53 Å². The molecular weight excluding hydrogens is 228 g/mol. The number of carbonyl (C=O) groups excluding carboxylic acids is 1. The lowest BCUT2D eigenvalue weighted by Crippen LogP contribution is -2.51. The molecule has 0 bridgehead atoms.